The number of hydrogen-bond donors (Lipinski definition) is 0. The van der Waals surface area contributed by atoms with Crippen LogP contribution in [0.2, 0.25) is 0 Å². The minimum Gasteiger partial charge on any atom is -0.496 e. The van der Waals surface area contributed by atoms with E-state index in [1.54, 1.807) is 7.11 Å². The predicted molar refractivity (Wildman–Crippen MR) is 81.7 cm³/mol. The first-order valence-corrected chi connectivity index (χ1v) is 7.47. The Bertz CT molecular complexity index is 641. The normalized spacial score (nSPS) is 19.3. The van der Waals surface area contributed by atoms with Crippen molar-refractivity contribution in [3.63, 3.8) is 0 Å². The van der Waals surface area contributed by atoms with Crippen LogP contribution >= 0.6 is 0 Å². The molecule has 1 fully saturated rings. The number of aryl methyl sites for hydroxylation is 1. The molecule has 1 saturated heterocycles. The summed E-state index contributed by atoms with van der Waals surface area (Å²) in [6.45, 7) is 7.26. The fraction of sp³-hybridized carbons (Fsp3) is 0.500. The summed E-state index contributed by atoms with van der Waals surface area (Å²) < 4.78 is 16.3. The van der Waals surface area contributed by atoms with Crippen molar-refractivity contribution in [2.24, 2.45) is 0 Å². The van der Waals surface area contributed by atoms with Crippen LogP contribution in [0.1, 0.15) is 18.4 Å². The molecule has 1 atom stereocenters. The first-order valence-electron chi connectivity index (χ1n) is 7.47. The first-order chi connectivity index (χ1) is 10.7. The Balaban J connectivity index is 1.73. The van der Waals surface area contributed by atoms with E-state index in [9.17, 15) is 0 Å². The number of benzene rings is 1. The molecule has 0 spiro atoms. The number of nitrogens with zero attached hydrogens (tertiary/aromatic N) is 3. The Morgan fingerprint density at radius 1 is 1.41 bits per heavy atom. The molecule has 3 rings (SSSR count). The first kappa shape index (κ1) is 15.0. The van der Waals surface area contributed by atoms with Gasteiger partial charge in [-0.2, -0.15) is 4.98 Å². The quantitative estimate of drug-likeness (QED) is 0.863. The molecule has 0 saturated carbocycles. The van der Waals surface area contributed by atoms with Gasteiger partial charge in [-0.15, -0.1) is 0 Å². The molecule has 0 N–H and O–H groups in total. The Kier molecular flexibility index (Phi) is 4.40. The molecule has 0 radical (unpaired) electrons. The molecule has 0 amide bonds. The summed E-state index contributed by atoms with van der Waals surface area (Å²) in [5.74, 6) is 2.05. The van der Waals surface area contributed by atoms with Crippen LogP contribution in [-0.4, -0.2) is 48.0 Å². The molecule has 0 unspecified atom stereocenters. The molecule has 1 aliphatic heterocycles. The van der Waals surface area contributed by atoms with E-state index in [1.807, 2.05) is 25.1 Å². The van der Waals surface area contributed by atoms with Gasteiger partial charge in [0, 0.05) is 18.7 Å². The number of rotatable bonds is 4. The molecule has 1 aromatic heterocycles. The summed E-state index contributed by atoms with van der Waals surface area (Å²) in [4.78, 5) is 6.75. The highest BCUT2D eigenvalue weighted by molar-refractivity contribution is 5.58. The van der Waals surface area contributed by atoms with Gasteiger partial charge >= 0.3 is 0 Å². The third kappa shape index (κ3) is 3.28. The topological polar surface area (TPSA) is 60.6 Å². The van der Waals surface area contributed by atoms with E-state index < -0.39 is 0 Å². The zero-order valence-electron chi connectivity index (χ0n) is 13.2. The Morgan fingerprint density at radius 2 is 2.27 bits per heavy atom. The zero-order valence-corrected chi connectivity index (χ0v) is 13.2. The van der Waals surface area contributed by atoms with E-state index in [2.05, 4.69) is 22.0 Å². The average molecular weight is 303 g/mol. The van der Waals surface area contributed by atoms with Gasteiger partial charge < -0.3 is 14.0 Å². The monoisotopic (exact) mass is 303 g/mol. The summed E-state index contributed by atoms with van der Waals surface area (Å²) >= 11 is 0. The van der Waals surface area contributed by atoms with E-state index in [-0.39, 0.29) is 6.10 Å². The van der Waals surface area contributed by atoms with Gasteiger partial charge in [0.05, 0.1) is 26.4 Å². The SMILES string of the molecule is COc1cc(-c2noc(CN3CCO[C@@H](C)C3)n2)ccc1C. The maximum absolute atomic E-state index is 5.53. The summed E-state index contributed by atoms with van der Waals surface area (Å²) in [7, 11) is 1.66. The molecule has 1 aromatic carbocycles. The van der Waals surface area contributed by atoms with Crippen LogP contribution in [0.25, 0.3) is 11.4 Å². The van der Waals surface area contributed by atoms with Crippen molar-refractivity contribution >= 4 is 0 Å². The van der Waals surface area contributed by atoms with Crippen molar-refractivity contribution in [1.29, 1.82) is 0 Å². The van der Waals surface area contributed by atoms with Crippen molar-refractivity contribution in [3.8, 4) is 17.1 Å². The van der Waals surface area contributed by atoms with E-state index in [0.717, 1.165) is 36.6 Å². The summed E-state index contributed by atoms with van der Waals surface area (Å²) in [6, 6.07) is 5.90. The van der Waals surface area contributed by atoms with Crippen LogP contribution in [0, 0.1) is 6.92 Å². The lowest BCUT2D eigenvalue weighted by molar-refractivity contribution is -0.0240. The second-order valence-corrected chi connectivity index (χ2v) is 5.61. The Hall–Kier alpha value is -1.92. The number of morpholine rings is 1. The van der Waals surface area contributed by atoms with E-state index >= 15 is 0 Å². The molecule has 2 heterocycles. The Morgan fingerprint density at radius 3 is 3.05 bits per heavy atom. The van der Waals surface area contributed by atoms with Crippen molar-refractivity contribution in [3.05, 3.63) is 29.7 Å². The van der Waals surface area contributed by atoms with Crippen LogP contribution in [0.4, 0.5) is 0 Å². The van der Waals surface area contributed by atoms with Gasteiger partial charge in [0.1, 0.15) is 5.75 Å². The van der Waals surface area contributed by atoms with E-state index in [0.29, 0.717) is 18.3 Å². The van der Waals surface area contributed by atoms with Gasteiger partial charge in [0.15, 0.2) is 0 Å². The van der Waals surface area contributed by atoms with Crippen LogP contribution in [-0.2, 0) is 11.3 Å². The van der Waals surface area contributed by atoms with E-state index in [1.165, 1.54) is 0 Å². The average Bonchev–Trinajstić information content (AvgIpc) is 2.96. The van der Waals surface area contributed by atoms with Gasteiger partial charge in [-0.05, 0) is 25.5 Å². The summed E-state index contributed by atoms with van der Waals surface area (Å²) in [5, 5.41) is 4.08. The maximum Gasteiger partial charge on any atom is 0.241 e. The number of aromatic nitrogens is 2. The molecule has 6 heteroatoms. The Labute approximate surface area is 130 Å². The molecular weight excluding hydrogens is 282 g/mol. The highest BCUT2D eigenvalue weighted by atomic mass is 16.5. The molecule has 118 valence electrons. The fourth-order valence-electron chi connectivity index (χ4n) is 2.62. The summed E-state index contributed by atoms with van der Waals surface area (Å²) in [6.07, 6.45) is 0.248. The largest absolute Gasteiger partial charge is 0.496 e. The van der Waals surface area contributed by atoms with Crippen molar-refractivity contribution in [2.75, 3.05) is 26.8 Å². The third-order valence-corrected chi connectivity index (χ3v) is 3.82. The minimum atomic E-state index is 0.248. The summed E-state index contributed by atoms with van der Waals surface area (Å²) in [5.41, 5.74) is 1.98. The highest BCUT2D eigenvalue weighted by Crippen LogP contribution is 2.25. The molecule has 0 bridgehead atoms. The lowest BCUT2D eigenvalue weighted by Crippen LogP contribution is -2.40. The number of hydrogen-bond acceptors (Lipinski definition) is 6. The van der Waals surface area contributed by atoms with Crippen LogP contribution in [0.5, 0.6) is 5.75 Å². The van der Waals surface area contributed by atoms with Crippen LogP contribution in [0.3, 0.4) is 0 Å². The molecule has 22 heavy (non-hydrogen) atoms. The molecule has 1 aliphatic rings. The second kappa shape index (κ2) is 6.46. The molecule has 6 nitrogen and oxygen atoms in total. The lowest BCUT2D eigenvalue weighted by Gasteiger charge is -2.29. The highest BCUT2D eigenvalue weighted by Gasteiger charge is 2.19. The zero-order chi connectivity index (χ0) is 15.5. The van der Waals surface area contributed by atoms with Crippen molar-refractivity contribution in [1.82, 2.24) is 15.0 Å². The minimum absolute atomic E-state index is 0.248. The predicted octanol–water partition coefficient (Wildman–Crippen LogP) is 2.27. The second-order valence-electron chi connectivity index (χ2n) is 5.61. The maximum atomic E-state index is 5.53. The molecule has 0 aliphatic carbocycles. The van der Waals surface area contributed by atoms with Crippen LogP contribution in [0.15, 0.2) is 22.7 Å². The fourth-order valence-corrected chi connectivity index (χ4v) is 2.62. The molecular formula is C16H21N3O3. The van der Waals surface area contributed by atoms with Gasteiger partial charge in [-0.25, -0.2) is 0 Å². The third-order valence-electron chi connectivity index (χ3n) is 3.82. The number of ether oxygens (including phenoxy) is 2. The van der Waals surface area contributed by atoms with Gasteiger partial charge in [-0.3, -0.25) is 4.90 Å². The van der Waals surface area contributed by atoms with Gasteiger partial charge in [0.25, 0.3) is 0 Å². The van der Waals surface area contributed by atoms with Crippen LogP contribution < -0.4 is 4.74 Å². The lowest BCUT2D eigenvalue weighted by atomic mass is 10.1. The van der Waals surface area contributed by atoms with Gasteiger partial charge in [-0.1, -0.05) is 17.3 Å². The number of methoxy groups -OCH3 is 1. The van der Waals surface area contributed by atoms with Crippen molar-refractivity contribution in [2.45, 2.75) is 26.5 Å². The standard InChI is InChI=1S/C16H21N3O3/c1-11-4-5-13(8-14(11)20-3)16-17-15(22-18-16)10-19-6-7-21-12(2)9-19/h4-5,8,12H,6-7,9-10H2,1-3H3/t12-/m0/s1. The van der Waals surface area contributed by atoms with Gasteiger partial charge in [0.2, 0.25) is 11.7 Å². The van der Waals surface area contributed by atoms with E-state index in [4.69, 9.17) is 14.0 Å². The van der Waals surface area contributed by atoms with Crippen molar-refractivity contribution < 1.29 is 14.0 Å². The smallest absolute Gasteiger partial charge is 0.241 e. The molecule has 2 aromatic rings.